The average molecular weight is 435 g/mol. The van der Waals surface area contributed by atoms with Gasteiger partial charge in [0.25, 0.3) is 17.5 Å². The van der Waals surface area contributed by atoms with Crippen molar-refractivity contribution < 1.29 is 33.9 Å². The quantitative estimate of drug-likeness (QED) is 0.140. The zero-order valence-electron chi connectivity index (χ0n) is 17.0. The smallest absolute Gasteiger partial charge is 0.308 e. The highest BCUT2D eigenvalue weighted by atomic mass is 16.6. The van der Waals surface area contributed by atoms with Crippen molar-refractivity contribution in [1.82, 2.24) is 10.2 Å². The number of ether oxygens (including phenoxy) is 2. The summed E-state index contributed by atoms with van der Waals surface area (Å²) in [7, 11) is 0. The summed E-state index contributed by atoms with van der Waals surface area (Å²) in [6.07, 6.45) is 3.21. The first-order valence-electron chi connectivity index (χ1n) is 9.77. The number of aliphatic hydroxyl groups excluding tert-OH is 1. The lowest BCUT2D eigenvalue weighted by molar-refractivity contribution is -0.385. The summed E-state index contributed by atoms with van der Waals surface area (Å²) in [6.45, 7) is 1.58. The van der Waals surface area contributed by atoms with Crippen molar-refractivity contribution >= 4 is 23.5 Å². The number of hydrogen-bond acceptors (Lipinski definition) is 9. The van der Waals surface area contributed by atoms with Gasteiger partial charge in [0.15, 0.2) is 0 Å². The molecule has 31 heavy (non-hydrogen) atoms. The summed E-state index contributed by atoms with van der Waals surface area (Å²) in [5, 5.41) is 23.2. The third kappa shape index (κ3) is 7.89. The summed E-state index contributed by atoms with van der Waals surface area (Å²) in [5.74, 6) is -1.05. The lowest BCUT2D eigenvalue weighted by Gasteiger charge is -2.13. The molecule has 11 heteroatoms. The Balaban J connectivity index is 1.50. The second kappa shape index (κ2) is 12.5. The van der Waals surface area contributed by atoms with Crippen LogP contribution in [0.1, 0.15) is 24.0 Å². The molecule has 11 nitrogen and oxygen atoms in total. The molecule has 0 bridgehead atoms. The predicted molar refractivity (Wildman–Crippen MR) is 108 cm³/mol. The van der Waals surface area contributed by atoms with Gasteiger partial charge in [0.05, 0.1) is 36.7 Å². The third-order valence-corrected chi connectivity index (χ3v) is 4.42. The summed E-state index contributed by atoms with van der Waals surface area (Å²) in [4.78, 5) is 46.0. The molecule has 1 aliphatic heterocycles. The summed E-state index contributed by atoms with van der Waals surface area (Å²) in [5.41, 5.74) is 0.514. The molecular formula is C20H25N3O8. The summed E-state index contributed by atoms with van der Waals surface area (Å²) < 4.78 is 10.5. The Morgan fingerprint density at radius 1 is 1.16 bits per heavy atom. The summed E-state index contributed by atoms with van der Waals surface area (Å²) in [6, 6.07) is 4.17. The minimum absolute atomic E-state index is 0.0527. The van der Waals surface area contributed by atoms with Crippen LogP contribution in [0.5, 0.6) is 0 Å². The molecule has 1 aromatic carbocycles. The zero-order valence-corrected chi connectivity index (χ0v) is 17.0. The van der Waals surface area contributed by atoms with E-state index in [0.717, 1.165) is 0 Å². The van der Waals surface area contributed by atoms with Crippen LogP contribution in [0.4, 0.5) is 5.69 Å². The number of nitrogens with zero attached hydrogens (tertiary/aromatic N) is 2. The van der Waals surface area contributed by atoms with Crippen LogP contribution in [0, 0.1) is 10.1 Å². The van der Waals surface area contributed by atoms with Gasteiger partial charge < -0.3 is 19.9 Å². The van der Waals surface area contributed by atoms with Crippen LogP contribution in [-0.4, -0.2) is 65.6 Å². The van der Waals surface area contributed by atoms with E-state index in [1.807, 2.05) is 0 Å². The molecule has 1 aliphatic rings. The van der Waals surface area contributed by atoms with Crippen LogP contribution in [0.3, 0.4) is 0 Å². The van der Waals surface area contributed by atoms with E-state index in [1.165, 1.54) is 35.3 Å². The van der Waals surface area contributed by atoms with Gasteiger partial charge in [-0.15, -0.1) is 0 Å². The summed E-state index contributed by atoms with van der Waals surface area (Å²) >= 11 is 0. The maximum Gasteiger partial charge on any atom is 0.308 e. The lowest BCUT2D eigenvalue weighted by atomic mass is 10.1. The van der Waals surface area contributed by atoms with Crippen LogP contribution < -0.4 is 5.32 Å². The minimum Gasteiger partial charge on any atom is -0.461 e. The molecule has 0 saturated carbocycles. The lowest BCUT2D eigenvalue weighted by Crippen LogP contribution is -2.33. The van der Waals surface area contributed by atoms with Crippen molar-refractivity contribution in [3.63, 3.8) is 0 Å². The van der Waals surface area contributed by atoms with Crippen LogP contribution in [-0.2, 0) is 37.1 Å². The van der Waals surface area contributed by atoms with Gasteiger partial charge in [-0.25, -0.2) is 0 Å². The van der Waals surface area contributed by atoms with Crippen molar-refractivity contribution in [3.05, 3.63) is 51.6 Å². The number of hydrogen-bond donors (Lipinski definition) is 2. The van der Waals surface area contributed by atoms with Crippen molar-refractivity contribution in [1.29, 1.82) is 0 Å². The fourth-order valence-corrected chi connectivity index (χ4v) is 2.81. The van der Waals surface area contributed by atoms with E-state index in [9.17, 15) is 29.6 Å². The Hall–Kier alpha value is -3.15. The maximum atomic E-state index is 11.8. The van der Waals surface area contributed by atoms with E-state index in [-0.39, 0.29) is 42.7 Å². The van der Waals surface area contributed by atoms with E-state index in [2.05, 4.69) is 5.32 Å². The topological polar surface area (TPSA) is 148 Å². The number of nitrogens with one attached hydrogen (secondary N) is 1. The van der Waals surface area contributed by atoms with Gasteiger partial charge in [-0.1, -0.05) is 0 Å². The Morgan fingerprint density at radius 2 is 1.90 bits per heavy atom. The number of carbonyl (C=O) groups excluding carboxylic acids is 3. The highest BCUT2D eigenvalue weighted by molar-refractivity contribution is 6.12. The number of carbonyl (C=O) groups is 3. The number of imide groups is 1. The number of nitro benzene ring substituents is 1. The largest absolute Gasteiger partial charge is 0.461 e. The molecule has 0 saturated heterocycles. The molecule has 2 amide bonds. The van der Waals surface area contributed by atoms with E-state index in [4.69, 9.17) is 9.47 Å². The van der Waals surface area contributed by atoms with Crippen molar-refractivity contribution in [2.24, 2.45) is 0 Å². The van der Waals surface area contributed by atoms with Gasteiger partial charge in [-0.05, 0) is 30.7 Å². The number of nitro groups is 1. The highest BCUT2D eigenvalue weighted by Gasteiger charge is 2.22. The first kappa shape index (κ1) is 24.1. The van der Waals surface area contributed by atoms with Crippen LogP contribution in [0.2, 0.25) is 0 Å². The van der Waals surface area contributed by atoms with E-state index in [0.29, 0.717) is 38.2 Å². The second-order valence-electron chi connectivity index (χ2n) is 6.67. The van der Waals surface area contributed by atoms with E-state index >= 15 is 0 Å². The van der Waals surface area contributed by atoms with Crippen molar-refractivity contribution in [2.45, 2.75) is 26.1 Å². The van der Waals surface area contributed by atoms with Crippen molar-refractivity contribution in [2.75, 3.05) is 32.8 Å². The Kier molecular flexibility index (Phi) is 9.75. The van der Waals surface area contributed by atoms with Crippen LogP contribution in [0.25, 0.3) is 0 Å². The number of amides is 2. The van der Waals surface area contributed by atoms with Gasteiger partial charge in [-0.3, -0.25) is 29.4 Å². The normalized spacial score (nSPS) is 13.1. The molecule has 0 spiro atoms. The van der Waals surface area contributed by atoms with Crippen molar-refractivity contribution in [3.8, 4) is 0 Å². The number of benzene rings is 1. The predicted octanol–water partition coefficient (Wildman–Crippen LogP) is 0.442. The molecule has 0 radical (unpaired) electrons. The van der Waals surface area contributed by atoms with E-state index < -0.39 is 17.5 Å². The fourth-order valence-electron chi connectivity index (χ4n) is 2.81. The molecule has 0 aromatic heterocycles. The molecule has 2 N–H and O–H groups in total. The van der Waals surface area contributed by atoms with Gasteiger partial charge >= 0.3 is 5.97 Å². The Labute approximate surface area is 178 Å². The molecule has 0 unspecified atom stereocenters. The number of aliphatic hydroxyl groups is 1. The molecular weight excluding hydrogens is 410 g/mol. The van der Waals surface area contributed by atoms with Gasteiger partial charge in [0.2, 0.25) is 0 Å². The highest BCUT2D eigenvalue weighted by Crippen LogP contribution is 2.20. The third-order valence-electron chi connectivity index (χ3n) is 4.42. The number of esters is 1. The Morgan fingerprint density at radius 3 is 2.58 bits per heavy atom. The molecule has 168 valence electrons. The molecule has 1 aromatic rings. The average Bonchev–Trinajstić information content (AvgIpc) is 3.08. The standard InChI is InChI=1S/C20H25N3O8/c24-13-16-12-15(2-3-17(16)23(28)29)14-31-20(27)6-10-30-11-8-21-7-1-9-22-18(25)4-5-19(22)26/h2-5,12,21,24H,1,6-11,13-14H2. The maximum absolute atomic E-state index is 11.8. The van der Waals surface area contributed by atoms with Crippen LogP contribution >= 0.6 is 0 Å². The fraction of sp³-hybridized carbons (Fsp3) is 0.450. The van der Waals surface area contributed by atoms with Gasteiger partial charge in [0, 0.05) is 31.3 Å². The zero-order chi connectivity index (χ0) is 22.6. The monoisotopic (exact) mass is 435 g/mol. The Bertz CT molecular complexity index is 822. The molecule has 1 heterocycles. The molecule has 0 fully saturated rings. The van der Waals surface area contributed by atoms with Crippen LogP contribution in [0.15, 0.2) is 30.4 Å². The van der Waals surface area contributed by atoms with Gasteiger partial charge in [-0.2, -0.15) is 0 Å². The first-order chi connectivity index (χ1) is 14.9. The SMILES string of the molecule is O=C(CCOCCNCCCN1C(=O)C=CC1=O)OCc1ccc([N+](=O)[O-])c(CO)c1. The van der Waals surface area contributed by atoms with E-state index in [1.54, 1.807) is 0 Å². The molecule has 0 atom stereocenters. The first-order valence-corrected chi connectivity index (χ1v) is 9.77. The van der Waals surface area contributed by atoms with Gasteiger partial charge in [0.1, 0.15) is 6.61 Å². The molecule has 0 aliphatic carbocycles. The second-order valence-corrected chi connectivity index (χ2v) is 6.67. The number of rotatable bonds is 14. The minimum atomic E-state index is -0.583. The molecule has 2 rings (SSSR count).